The summed E-state index contributed by atoms with van der Waals surface area (Å²) in [5, 5.41) is 14.1. The first-order valence-electron chi connectivity index (χ1n) is 29.6. The summed E-state index contributed by atoms with van der Waals surface area (Å²) < 4.78 is 23.8. The summed E-state index contributed by atoms with van der Waals surface area (Å²) in [5.74, 6) is -0.170. The van der Waals surface area contributed by atoms with E-state index in [0.29, 0.717) is 23.9 Å². The molecule has 0 rings (SSSR count). The third kappa shape index (κ3) is 55.2. The second-order valence-electron chi connectivity index (χ2n) is 21.0. The van der Waals surface area contributed by atoms with Crippen molar-refractivity contribution in [3.8, 4) is 0 Å². The van der Waals surface area contributed by atoms with Gasteiger partial charge in [-0.25, -0.2) is 4.57 Å². The maximum atomic E-state index is 13.0. The molecule has 3 unspecified atom stereocenters. The van der Waals surface area contributed by atoms with Crippen LogP contribution in [0.5, 0.6) is 0 Å². The summed E-state index contributed by atoms with van der Waals surface area (Å²) in [6, 6.07) is -0.783. The Balaban J connectivity index is 4.27. The van der Waals surface area contributed by atoms with Gasteiger partial charge >= 0.3 is 7.82 Å². The summed E-state index contributed by atoms with van der Waals surface area (Å²) in [4.78, 5) is 23.4. The van der Waals surface area contributed by atoms with E-state index in [9.17, 15) is 19.4 Å². The first-order valence-corrected chi connectivity index (χ1v) is 31.1. The van der Waals surface area contributed by atoms with E-state index in [4.69, 9.17) is 9.05 Å². The van der Waals surface area contributed by atoms with Crippen LogP contribution in [0.25, 0.3) is 0 Å². The van der Waals surface area contributed by atoms with Gasteiger partial charge in [0.15, 0.2) is 0 Å². The molecule has 0 heterocycles. The highest BCUT2D eigenvalue weighted by atomic mass is 31.2. The van der Waals surface area contributed by atoms with E-state index in [1.807, 2.05) is 21.1 Å². The monoisotopic (exact) mass is 1030 g/mol. The zero-order valence-electron chi connectivity index (χ0n) is 47.4. The van der Waals surface area contributed by atoms with Gasteiger partial charge in [-0.05, 0) is 77.0 Å². The number of allylic oxidation sites excluding steroid dienone is 16. The molecule has 0 aromatic carbocycles. The molecule has 0 fully saturated rings. The molecular formula is C63H114N2O6P+. The summed E-state index contributed by atoms with van der Waals surface area (Å²) in [6.45, 7) is 4.76. The van der Waals surface area contributed by atoms with Gasteiger partial charge in [0.25, 0.3) is 0 Å². The van der Waals surface area contributed by atoms with Crippen LogP contribution in [0.1, 0.15) is 245 Å². The molecule has 3 atom stereocenters. The van der Waals surface area contributed by atoms with Crippen LogP contribution in [-0.2, 0) is 18.4 Å². The maximum absolute atomic E-state index is 13.0. The fourth-order valence-corrected chi connectivity index (χ4v) is 8.98. The fraction of sp³-hybridized carbons (Fsp3) is 0.730. The van der Waals surface area contributed by atoms with Gasteiger partial charge < -0.3 is 19.8 Å². The van der Waals surface area contributed by atoms with E-state index < -0.39 is 20.0 Å². The molecule has 0 saturated heterocycles. The number of rotatable bonds is 53. The van der Waals surface area contributed by atoms with Crippen LogP contribution >= 0.6 is 7.82 Å². The van der Waals surface area contributed by atoms with E-state index >= 15 is 0 Å². The van der Waals surface area contributed by atoms with Gasteiger partial charge in [0.1, 0.15) is 13.2 Å². The third-order valence-electron chi connectivity index (χ3n) is 12.8. The second kappa shape index (κ2) is 53.3. The number of aliphatic hydroxyl groups is 1. The van der Waals surface area contributed by atoms with Crippen molar-refractivity contribution in [1.82, 2.24) is 5.32 Å². The molecule has 0 aliphatic heterocycles. The lowest BCUT2D eigenvalue weighted by molar-refractivity contribution is -0.870. The standard InChI is InChI=1S/C63H113N2O6P/c1-6-8-10-12-14-16-18-20-22-24-26-28-29-30-31-32-33-34-35-37-39-41-43-45-47-49-51-53-55-57-63(67)64-61(60-71-72(68,69)70-59-58-65(3,4)5)62(66)56-54-52-50-48-46-44-42-40-38-36-27-25-23-21-19-17-15-13-11-9-7-2/h8,10,14,16,20,22,26,28,30-31,33-34,37,39,43,45,61-62,66H,6-7,9,11-13,15,17-19,21,23-25,27,29,32,35-36,38,40-42,44,46-60H2,1-5H3,(H-,64,67,68,69)/p+1/b10-8-,16-14-,22-20-,28-26-,31-30-,34-33-,39-37-,45-43-. The lowest BCUT2D eigenvalue weighted by Crippen LogP contribution is -2.46. The average Bonchev–Trinajstić information content (AvgIpc) is 3.34. The van der Waals surface area contributed by atoms with Crippen molar-refractivity contribution in [2.45, 2.75) is 257 Å². The summed E-state index contributed by atoms with van der Waals surface area (Å²) in [6.07, 6.45) is 76.0. The maximum Gasteiger partial charge on any atom is 0.472 e. The van der Waals surface area contributed by atoms with Gasteiger partial charge in [-0.2, -0.15) is 0 Å². The van der Waals surface area contributed by atoms with Crippen molar-refractivity contribution in [2.75, 3.05) is 40.9 Å². The van der Waals surface area contributed by atoms with Crippen molar-refractivity contribution in [2.24, 2.45) is 0 Å². The lowest BCUT2D eigenvalue weighted by atomic mass is 10.0. The number of phosphoric ester groups is 1. The normalized spacial score (nSPS) is 14.6. The van der Waals surface area contributed by atoms with Crippen LogP contribution in [0.2, 0.25) is 0 Å². The number of likely N-dealkylation sites (N-methyl/N-ethyl adjacent to an activating group) is 1. The summed E-state index contributed by atoms with van der Waals surface area (Å²) in [7, 11) is 1.59. The number of carbonyl (C=O) groups excluding carboxylic acids is 1. The zero-order chi connectivity index (χ0) is 52.7. The Morgan fingerprint density at radius 3 is 1.22 bits per heavy atom. The molecule has 1 amide bonds. The predicted octanol–water partition coefficient (Wildman–Crippen LogP) is 18.2. The molecule has 0 aromatic rings. The molecule has 0 radical (unpaired) electrons. The Morgan fingerprint density at radius 2 is 0.833 bits per heavy atom. The van der Waals surface area contributed by atoms with Gasteiger partial charge in [-0.15, -0.1) is 0 Å². The minimum atomic E-state index is -4.34. The van der Waals surface area contributed by atoms with Crippen LogP contribution < -0.4 is 5.32 Å². The quantitative estimate of drug-likeness (QED) is 0.0243. The van der Waals surface area contributed by atoms with E-state index in [-0.39, 0.29) is 19.1 Å². The number of quaternary nitrogens is 1. The first kappa shape index (κ1) is 69.4. The van der Waals surface area contributed by atoms with Crippen LogP contribution in [0.4, 0.5) is 0 Å². The highest BCUT2D eigenvalue weighted by Crippen LogP contribution is 2.43. The number of amides is 1. The van der Waals surface area contributed by atoms with Crippen LogP contribution in [0.15, 0.2) is 97.2 Å². The number of nitrogens with zero attached hydrogens (tertiary/aromatic N) is 1. The molecular weight excluding hydrogens is 912 g/mol. The zero-order valence-corrected chi connectivity index (χ0v) is 48.3. The van der Waals surface area contributed by atoms with Crippen LogP contribution in [0.3, 0.4) is 0 Å². The number of nitrogens with one attached hydrogen (secondary N) is 1. The van der Waals surface area contributed by atoms with E-state index in [0.717, 1.165) is 103 Å². The molecule has 0 bridgehead atoms. The molecule has 3 N–H and O–H groups in total. The number of hydrogen-bond donors (Lipinski definition) is 3. The Bertz CT molecular complexity index is 1490. The highest BCUT2D eigenvalue weighted by molar-refractivity contribution is 7.47. The highest BCUT2D eigenvalue weighted by Gasteiger charge is 2.28. The Morgan fingerprint density at radius 1 is 0.486 bits per heavy atom. The fourth-order valence-electron chi connectivity index (χ4n) is 8.24. The number of hydrogen-bond acceptors (Lipinski definition) is 5. The second-order valence-corrected chi connectivity index (χ2v) is 22.4. The van der Waals surface area contributed by atoms with Crippen molar-refractivity contribution in [1.29, 1.82) is 0 Å². The first-order chi connectivity index (χ1) is 35.0. The molecule has 0 aliphatic carbocycles. The van der Waals surface area contributed by atoms with Gasteiger partial charge in [0.2, 0.25) is 5.91 Å². The average molecular weight is 1030 g/mol. The Labute approximate surface area is 445 Å². The number of carbonyl (C=O) groups is 1. The van der Waals surface area contributed by atoms with Crippen LogP contribution in [0, 0.1) is 0 Å². The van der Waals surface area contributed by atoms with Crippen molar-refractivity contribution in [3.05, 3.63) is 97.2 Å². The predicted molar refractivity (Wildman–Crippen MR) is 313 cm³/mol. The summed E-state index contributed by atoms with van der Waals surface area (Å²) in [5.41, 5.74) is 0. The molecule has 0 spiro atoms. The molecule has 8 nitrogen and oxygen atoms in total. The Kier molecular flexibility index (Phi) is 51.3. The lowest BCUT2D eigenvalue weighted by Gasteiger charge is -2.26. The number of aliphatic hydroxyl groups excluding tert-OH is 1. The summed E-state index contributed by atoms with van der Waals surface area (Å²) >= 11 is 0. The van der Waals surface area contributed by atoms with Gasteiger partial charge in [0, 0.05) is 6.42 Å². The molecule has 9 heteroatoms. The van der Waals surface area contributed by atoms with Gasteiger partial charge in [0.05, 0.1) is 39.9 Å². The molecule has 72 heavy (non-hydrogen) atoms. The van der Waals surface area contributed by atoms with E-state index in [1.54, 1.807) is 0 Å². The van der Waals surface area contributed by atoms with E-state index in [1.165, 1.54) is 116 Å². The minimum absolute atomic E-state index is 0.0644. The van der Waals surface area contributed by atoms with Crippen molar-refractivity contribution >= 4 is 13.7 Å². The number of unbranched alkanes of at least 4 members (excludes halogenated alkanes) is 24. The topological polar surface area (TPSA) is 105 Å². The smallest absolute Gasteiger partial charge is 0.391 e. The van der Waals surface area contributed by atoms with Gasteiger partial charge in [-0.1, -0.05) is 259 Å². The van der Waals surface area contributed by atoms with Crippen molar-refractivity contribution < 1.29 is 32.9 Å². The van der Waals surface area contributed by atoms with Crippen LogP contribution in [-0.4, -0.2) is 73.4 Å². The molecule has 0 saturated carbocycles. The minimum Gasteiger partial charge on any atom is -0.391 e. The molecule has 416 valence electrons. The molecule has 0 aliphatic rings. The SMILES string of the molecule is CC/C=C\C/C=C\C/C=C\C/C=C\C/C=C\C/C=C\C/C=C\C/C=C\CCCCCCC(=O)NC(COP(=O)(O)OCC[N+](C)(C)C)C(O)CCCCCCCCCCCCCCCCCCCCCCC. The largest absolute Gasteiger partial charge is 0.472 e. The number of phosphoric acid groups is 1. The Hall–Kier alpha value is -2.58. The van der Waals surface area contributed by atoms with Crippen molar-refractivity contribution in [3.63, 3.8) is 0 Å². The molecule has 0 aromatic heterocycles. The third-order valence-corrected chi connectivity index (χ3v) is 13.8. The van der Waals surface area contributed by atoms with Gasteiger partial charge in [-0.3, -0.25) is 13.8 Å². The van der Waals surface area contributed by atoms with E-state index in [2.05, 4.69) is 116 Å².